The zero-order valence-corrected chi connectivity index (χ0v) is 27.0. The molecule has 0 saturated heterocycles. The molecule has 0 aliphatic heterocycles. The van der Waals surface area contributed by atoms with E-state index < -0.39 is 0 Å². The molecule has 0 saturated carbocycles. The number of rotatable bonds is 35. The maximum atomic E-state index is 10.3. The van der Waals surface area contributed by atoms with Crippen LogP contribution in [0.25, 0.3) is 0 Å². The summed E-state index contributed by atoms with van der Waals surface area (Å²) in [4.78, 5) is 10.3. The highest BCUT2D eigenvalue weighted by Crippen LogP contribution is 2.20. The summed E-state index contributed by atoms with van der Waals surface area (Å²) < 4.78 is 11.9. The molecule has 0 aromatic rings. The van der Waals surface area contributed by atoms with E-state index in [2.05, 4.69) is 13.8 Å². The molecule has 0 N–H and O–H groups in total. The molecule has 0 aromatic heterocycles. The Hall–Kier alpha value is -0.410. The van der Waals surface area contributed by atoms with Crippen LogP contribution in [0.1, 0.15) is 194 Å². The van der Waals surface area contributed by atoms with Crippen LogP contribution in [0.5, 0.6) is 0 Å². The number of carbonyl (C=O) groups is 1. The van der Waals surface area contributed by atoms with E-state index in [4.69, 9.17) is 9.47 Å². The summed E-state index contributed by atoms with van der Waals surface area (Å²) in [6, 6.07) is 0. The van der Waals surface area contributed by atoms with Gasteiger partial charge in [-0.05, 0) is 31.6 Å². The molecule has 0 bridgehead atoms. The van der Waals surface area contributed by atoms with E-state index in [0.29, 0.717) is 0 Å². The quantitative estimate of drug-likeness (QED) is 0.0579. The van der Waals surface area contributed by atoms with Crippen LogP contribution in [0.4, 0.5) is 0 Å². The summed E-state index contributed by atoms with van der Waals surface area (Å²) in [6.07, 6.45) is 38.4. The summed E-state index contributed by atoms with van der Waals surface area (Å²) in [5.41, 5.74) is 0. The fourth-order valence-electron chi connectivity index (χ4n) is 5.58. The average molecular weight is 553 g/mol. The highest BCUT2D eigenvalue weighted by Gasteiger charge is 2.09. The van der Waals surface area contributed by atoms with E-state index in [1.165, 1.54) is 161 Å². The van der Waals surface area contributed by atoms with E-state index in [9.17, 15) is 4.79 Å². The van der Waals surface area contributed by atoms with Crippen LogP contribution in [0.2, 0.25) is 0 Å². The topological polar surface area (TPSA) is 35.5 Å². The molecule has 0 aliphatic carbocycles. The minimum Gasteiger partial charge on any atom is -0.379 e. The highest BCUT2D eigenvalue weighted by atomic mass is 16.5. The molecule has 39 heavy (non-hydrogen) atoms. The Balaban J connectivity index is 3.82. The second-order valence-electron chi connectivity index (χ2n) is 12.2. The molecule has 0 fully saturated rings. The molecule has 0 aliphatic rings. The third kappa shape index (κ3) is 33.7. The Morgan fingerprint density at radius 2 is 0.821 bits per heavy atom. The maximum absolute atomic E-state index is 10.3. The van der Waals surface area contributed by atoms with Crippen LogP contribution in [-0.2, 0) is 14.3 Å². The summed E-state index contributed by atoms with van der Waals surface area (Å²) >= 11 is 0. The molecule has 1 atom stereocenters. The minimum absolute atomic E-state index is 0.731. The number of hydrogen-bond acceptors (Lipinski definition) is 3. The molecule has 0 rings (SSSR count). The Morgan fingerprint density at radius 1 is 0.436 bits per heavy atom. The summed E-state index contributed by atoms with van der Waals surface area (Å²) in [6.45, 7) is 7.90. The fraction of sp³-hybridized carbons (Fsp3) is 0.972. The van der Waals surface area contributed by atoms with Gasteiger partial charge in [-0.3, -0.25) is 0 Å². The zero-order valence-electron chi connectivity index (χ0n) is 27.0. The van der Waals surface area contributed by atoms with Gasteiger partial charge in [0.1, 0.15) is 6.29 Å². The number of carbonyl (C=O) groups excluding carboxylic acids is 1. The lowest BCUT2D eigenvalue weighted by molar-refractivity contribution is -0.107. The van der Waals surface area contributed by atoms with E-state index in [1.807, 2.05) is 0 Å². The minimum atomic E-state index is 0.731. The molecule has 0 amide bonds. The third-order valence-electron chi connectivity index (χ3n) is 8.27. The number of hydrogen-bond donors (Lipinski definition) is 0. The molecule has 3 nitrogen and oxygen atoms in total. The van der Waals surface area contributed by atoms with Crippen molar-refractivity contribution in [2.45, 2.75) is 194 Å². The summed E-state index contributed by atoms with van der Waals surface area (Å²) in [5, 5.41) is 0. The zero-order chi connectivity index (χ0) is 28.3. The Kier molecular flexibility index (Phi) is 35.2. The Labute approximate surface area is 246 Å². The SMILES string of the molecule is CCCCCCCCCCCCC(CCCCCCCCCC)COCCOCCCCCCCCCC=O. The van der Waals surface area contributed by atoms with Gasteiger partial charge in [0.25, 0.3) is 0 Å². The second kappa shape index (κ2) is 35.6. The molecular weight excluding hydrogens is 480 g/mol. The van der Waals surface area contributed by atoms with Crippen molar-refractivity contribution >= 4 is 6.29 Å². The lowest BCUT2D eigenvalue weighted by Crippen LogP contribution is -2.13. The molecule has 0 heterocycles. The predicted octanol–water partition coefficient (Wildman–Crippen LogP) is 11.8. The first-order chi connectivity index (χ1) is 19.3. The highest BCUT2D eigenvalue weighted by molar-refractivity contribution is 5.48. The number of aldehydes is 1. The van der Waals surface area contributed by atoms with Gasteiger partial charge in [0, 0.05) is 19.6 Å². The van der Waals surface area contributed by atoms with Crippen LogP contribution in [0.15, 0.2) is 0 Å². The molecule has 0 aromatic carbocycles. The smallest absolute Gasteiger partial charge is 0.119 e. The largest absolute Gasteiger partial charge is 0.379 e. The standard InChI is InChI=1S/C36H72O3/c1-3-5-7-9-11-13-14-18-22-26-30-36(29-25-21-17-12-10-8-6-4-2)35-39-34-33-38-32-28-24-20-16-15-19-23-27-31-37/h31,36H,3-30,32-35H2,1-2H3. The molecular formula is C36H72O3. The van der Waals surface area contributed by atoms with Gasteiger partial charge >= 0.3 is 0 Å². The summed E-state index contributed by atoms with van der Waals surface area (Å²) in [7, 11) is 0. The van der Waals surface area contributed by atoms with Crippen LogP contribution < -0.4 is 0 Å². The Bertz CT molecular complexity index is 439. The lowest BCUT2D eigenvalue weighted by Gasteiger charge is -2.17. The van der Waals surface area contributed by atoms with Crippen LogP contribution in [-0.4, -0.2) is 32.7 Å². The predicted molar refractivity (Wildman–Crippen MR) is 172 cm³/mol. The van der Waals surface area contributed by atoms with E-state index in [0.717, 1.165) is 57.9 Å². The summed E-state index contributed by atoms with van der Waals surface area (Å²) in [5.74, 6) is 0.741. The van der Waals surface area contributed by atoms with Crippen molar-refractivity contribution in [2.75, 3.05) is 26.4 Å². The molecule has 0 spiro atoms. The van der Waals surface area contributed by atoms with Crippen molar-refractivity contribution in [3.05, 3.63) is 0 Å². The third-order valence-corrected chi connectivity index (χ3v) is 8.27. The van der Waals surface area contributed by atoms with Crippen LogP contribution in [0.3, 0.4) is 0 Å². The molecule has 3 heteroatoms. The number of ether oxygens (including phenoxy) is 2. The second-order valence-corrected chi connectivity index (χ2v) is 12.2. The number of unbranched alkanes of at least 4 members (excludes halogenated alkanes) is 23. The van der Waals surface area contributed by atoms with Gasteiger partial charge in [-0.1, -0.05) is 162 Å². The van der Waals surface area contributed by atoms with Crippen molar-refractivity contribution in [3.63, 3.8) is 0 Å². The van der Waals surface area contributed by atoms with Gasteiger partial charge in [-0.2, -0.15) is 0 Å². The van der Waals surface area contributed by atoms with Crippen molar-refractivity contribution in [2.24, 2.45) is 5.92 Å². The van der Waals surface area contributed by atoms with E-state index in [-0.39, 0.29) is 0 Å². The van der Waals surface area contributed by atoms with Crippen molar-refractivity contribution < 1.29 is 14.3 Å². The fourth-order valence-corrected chi connectivity index (χ4v) is 5.58. The van der Waals surface area contributed by atoms with Crippen molar-refractivity contribution in [1.82, 2.24) is 0 Å². The van der Waals surface area contributed by atoms with Crippen molar-refractivity contribution in [1.29, 1.82) is 0 Å². The first kappa shape index (κ1) is 38.6. The van der Waals surface area contributed by atoms with Crippen LogP contribution >= 0.6 is 0 Å². The monoisotopic (exact) mass is 553 g/mol. The Morgan fingerprint density at radius 3 is 1.28 bits per heavy atom. The normalized spacial score (nSPS) is 12.3. The first-order valence-corrected chi connectivity index (χ1v) is 17.9. The van der Waals surface area contributed by atoms with Crippen LogP contribution in [0, 0.1) is 5.92 Å². The molecule has 234 valence electrons. The average Bonchev–Trinajstić information content (AvgIpc) is 2.95. The first-order valence-electron chi connectivity index (χ1n) is 17.9. The maximum Gasteiger partial charge on any atom is 0.119 e. The lowest BCUT2D eigenvalue weighted by atomic mass is 9.94. The van der Waals surface area contributed by atoms with Crippen molar-refractivity contribution in [3.8, 4) is 0 Å². The van der Waals surface area contributed by atoms with Gasteiger partial charge in [-0.15, -0.1) is 0 Å². The van der Waals surface area contributed by atoms with Gasteiger partial charge < -0.3 is 14.3 Å². The van der Waals surface area contributed by atoms with E-state index >= 15 is 0 Å². The van der Waals surface area contributed by atoms with Gasteiger partial charge in [0.15, 0.2) is 0 Å². The molecule has 0 radical (unpaired) electrons. The van der Waals surface area contributed by atoms with Gasteiger partial charge in [-0.25, -0.2) is 0 Å². The van der Waals surface area contributed by atoms with E-state index in [1.54, 1.807) is 0 Å². The van der Waals surface area contributed by atoms with Gasteiger partial charge in [0.2, 0.25) is 0 Å². The van der Waals surface area contributed by atoms with Gasteiger partial charge in [0.05, 0.1) is 13.2 Å². The molecule has 1 unspecified atom stereocenters.